The van der Waals surface area contributed by atoms with Crippen LogP contribution in [0, 0.1) is 0 Å². The summed E-state index contributed by atoms with van der Waals surface area (Å²) in [5.41, 5.74) is 0. The van der Waals surface area contributed by atoms with Crippen LogP contribution in [0.25, 0.3) is 0 Å². The van der Waals surface area contributed by atoms with Gasteiger partial charge in [0.2, 0.25) is 0 Å². The van der Waals surface area contributed by atoms with Crippen molar-refractivity contribution in [3.8, 4) is 5.75 Å². The summed E-state index contributed by atoms with van der Waals surface area (Å²) >= 11 is 0. The molecule has 4 nitrogen and oxygen atoms in total. The summed E-state index contributed by atoms with van der Waals surface area (Å²) in [5.74, 6) is 0.577. The van der Waals surface area contributed by atoms with Gasteiger partial charge in [0.25, 0.3) is 0 Å². The molecule has 0 aliphatic carbocycles. The van der Waals surface area contributed by atoms with Crippen molar-refractivity contribution in [2.45, 2.75) is 13.0 Å². The third-order valence-corrected chi connectivity index (χ3v) is 1.03. The van der Waals surface area contributed by atoms with Crippen molar-refractivity contribution in [1.29, 1.82) is 0 Å². The van der Waals surface area contributed by atoms with E-state index in [1.807, 2.05) is 0 Å². The molecule has 0 aliphatic heterocycles. The predicted octanol–water partition coefficient (Wildman–Crippen LogP) is 0.236. The predicted molar refractivity (Wildman–Crippen MR) is 39.2 cm³/mol. The first-order valence-corrected chi connectivity index (χ1v) is 3.35. The quantitative estimate of drug-likeness (QED) is 0.677. The number of nitrogens with zero attached hydrogens (tertiary/aromatic N) is 2. The van der Waals surface area contributed by atoms with Crippen molar-refractivity contribution in [2.24, 2.45) is 0 Å². The fourth-order valence-electron chi connectivity index (χ4n) is 0.577. The third-order valence-electron chi connectivity index (χ3n) is 1.03. The van der Waals surface area contributed by atoms with E-state index < -0.39 is 6.10 Å². The van der Waals surface area contributed by atoms with E-state index in [0.29, 0.717) is 5.75 Å². The molecule has 1 aromatic rings. The van der Waals surface area contributed by atoms with Gasteiger partial charge in [-0.3, -0.25) is 0 Å². The summed E-state index contributed by atoms with van der Waals surface area (Å²) in [7, 11) is 0. The van der Waals surface area contributed by atoms with Gasteiger partial charge < -0.3 is 9.84 Å². The lowest BCUT2D eigenvalue weighted by atomic mass is 10.4. The maximum Gasteiger partial charge on any atom is 0.156 e. The molecule has 0 spiro atoms. The summed E-state index contributed by atoms with van der Waals surface area (Å²) in [6.07, 6.45) is 4.06. The van der Waals surface area contributed by atoms with Crippen molar-refractivity contribution in [1.82, 2.24) is 9.97 Å². The van der Waals surface area contributed by atoms with Crippen LogP contribution in [0.15, 0.2) is 18.7 Å². The normalized spacial score (nSPS) is 12.5. The second-order valence-corrected chi connectivity index (χ2v) is 2.23. The standard InChI is InChI=1S/C7H10N2O2/c1-6(10)4-11-7-2-8-5-9-3-7/h2-3,5-6,10H,4H2,1H3. The molecule has 1 N–H and O–H groups in total. The molecule has 1 atom stereocenters. The highest BCUT2D eigenvalue weighted by molar-refractivity contribution is 5.09. The summed E-state index contributed by atoms with van der Waals surface area (Å²) in [6.45, 7) is 1.93. The highest BCUT2D eigenvalue weighted by Crippen LogP contribution is 2.03. The van der Waals surface area contributed by atoms with E-state index in [1.165, 1.54) is 6.33 Å². The molecule has 60 valence electrons. The Balaban J connectivity index is 2.39. The first kappa shape index (κ1) is 7.94. The minimum atomic E-state index is -0.463. The van der Waals surface area contributed by atoms with Crippen LogP contribution < -0.4 is 4.74 Å². The van der Waals surface area contributed by atoms with E-state index in [0.717, 1.165) is 0 Å². The summed E-state index contributed by atoms with van der Waals surface area (Å²) in [6, 6.07) is 0. The number of hydrogen-bond donors (Lipinski definition) is 1. The highest BCUT2D eigenvalue weighted by Gasteiger charge is 1.96. The van der Waals surface area contributed by atoms with E-state index >= 15 is 0 Å². The van der Waals surface area contributed by atoms with Crippen LogP contribution in [-0.4, -0.2) is 27.8 Å². The molecule has 4 heteroatoms. The lowest BCUT2D eigenvalue weighted by molar-refractivity contribution is 0.122. The topological polar surface area (TPSA) is 55.2 Å². The average Bonchev–Trinajstić information content (AvgIpc) is 2.03. The van der Waals surface area contributed by atoms with Crippen molar-refractivity contribution < 1.29 is 9.84 Å². The Labute approximate surface area is 64.9 Å². The Morgan fingerprint density at radius 1 is 1.55 bits per heavy atom. The maximum atomic E-state index is 8.85. The Hall–Kier alpha value is -1.16. The van der Waals surface area contributed by atoms with Gasteiger partial charge in [-0.1, -0.05) is 0 Å². The number of aliphatic hydroxyl groups is 1. The number of hydrogen-bond acceptors (Lipinski definition) is 4. The summed E-state index contributed by atoms with van der Waals surface area (Å²) < 4.78 is 5.09. The van der Waals surface area contributed by atoms with Crippen molar-refractivity contribution in [3.05, 3.63) is 18.7 Å². The zero-order chi connectivity index (χ0) is 8.10. The smallest absolute Gasteiger partial charge is 0.156 e. The zero-order valence-electron chi connectivity index (χ0n) is 6.27. The Bertz CT molecular complexity index is 201. The number of ether oxygens (including phenoxy) is 1. The number of rotatable bonds is 3. The zero-order valence-corrected chi connectivity index (χ0v) is 6.27. The minimum absolute atomic E-state index is 0.271. The van der Waals surface area contributed by atoms with E-state index in [4.69, 9.17) is 9.84 Å². The van der Waals surface area contributed by atoms with Crippen LogP contribution in [0.4, 0.5) is 0 Å². The van der Waals surface area contributed by atoms with Gasteiger partial charge in [0, 0.05) is 0 Å². The van der Waals surface area contributed by atoms with Gasteiger partial charge in [-0.15, -0.1) is 0 Å². The van der Waals surface area contributed by atoms with E-state index in [9.17, 15) is 0 Å². The molecule has 0 saturated carbocycles. The van der Waals surface area contributed by atoms with Gasteiger partial charge in [0.1, 0.15) is 12.9 Å². The molecule has 0 bridgehead atoms. The molecule has 0 radical (unpaired) electrons. The first-order valence-electron chi connectivity index (χ1n) is 3.35. The van der Waals surface area contributed by atoms with Crippen LogP contribution >= 0.6 is 0 Å². The van der Waals surface area contributed by atoms with Crippen LogP contribution in [0.1, 0.15) is 6.92 Å². The van der Waals surface area contributed by atoms with Crippen LogP contribution in [0.3, 0.4) is 0 Å². The molecular formula is C7H10N2O2. The van der Waals surface area contributed by atoms with Crippen LogP contribution in [0.2, 0.25) is 0 Å². The highest BCUT2D eigenvalue weighted by atomic mass is 16.5. The number of aromatic nitrogens is 2. The van der Waals surface area contributed by atoms with Gasteiger partial charge in [0.15, 0.2) is 5.75 Å². The van der Waals surface area contributed by atoms with Crippen molar-refractivity contribution in [2.75, 3.05) is 6.61 Å². The second kappa shape index (κ2) is 3.88. The summed E-state index contributed by atoms with van der Waals surface area (Å²) in [4.78, 5) is 7.49. The van der Waals surface area contributed by atoms with Crippen LogP contribution in [-0.2, 0) is 0 Å². The SMILES string of the molecule is CC(O)COc1cncnc1. The average molecular weight is 154 g/mol. The van der Waals surface area contributed by atoms with Gasteiger partial charge in [-0.25, -0.2) is 9.97 Å². The monoisotopic (exact) mass is 154 g/mol. The van der Waals surface area contributed by atoms with Gasteiger partial charge in [-0.05, 0) is 6.92 Å². The Morgan fingerprint density at radius 3 is 2.73 bits per heavy atom. The van der Waals surface area contributed by atoms with E-state index in [2.05, 4.69) is 9.97 Å². The van der Waals surface area contributed by atoms with E-state index in [-0.39, 0.29) is 6.61 Å². The third kappa shape index (κ3) is 2.95. The van der Waals surface area contributed by atoms with Crippen LogP contribution in [0.5, 0.6) is 5.75 Å². The first-order chi connectivity index (χ1) is 5.29. The molecule has 1 aromatic heterocycles. The molecule has 0 fully saturated rings. The molecule has 0 aromatic carbocycles. The largest absolute Gasteiger partial charge is 0.488 e. The maximum absolute atomic E-state index is 8.85. The Morgan fingerprint density at radius 2 is 2.18 bits per heavy atom. The lowest BCUT2D eigenvalue weighted by Crippen LogP contribution is -2.12. The minimum Gasteiger partial charge on any atom is -0.488 e. The molecule has 1 rings (SSSR count). The molecular weight excluding hydrogens is 144 g/mol. The lowest BCUT2D eigenvalue weighted by Gasteiger charge is -2.05. The van der Waals surface area contributed by atoms with Crippen molar-refractivity contribution >= 4 is 0 Å². The molecule has 0 amide bonds. The molecule has 11 heavy (non-hydrogen) atoms. The fraction of sp³-hybridized carbons (Fsp3) is 0.429. The van der Waals surface area contributed by atoms with Gasteiger partial charge in [0.05, 0.1) is 18.5 Å². The molecule has 0 aliphatic rings. The Kier molecular flexibility index (Phi) is 2.80. The molecule has 0 saturated heterocycles. The number of aliphatic hydroxyl groups excluding tert-OH is 1. The van der Waals surface area contributed by atoms with Gasteiger partial charge in [-0.2, -0.15) is 0 Å². The summed E-state index contributed by atoms with van der Waals surface area (Å²) in [5, 5.41) is 8.85. The molecule has 1 unspecified atom stereocenters. The van der Waals surface area contributed by atoms with Gasteiger partial charge >= 0.3 is 0 Å². The second-order valence-electron chi connectivity index (χ2n) is 2.23. The van der Waals surface area contributed by atoms with Crippen molar-refractivity contribution in [3.63, 3.8) is 0 Å². The molecule has 1 heterocycles. The fourth-order valence-corrected chi connectivity index (χ4v) is 0.577. The van der Waals surface area contributed by atoms with E-state index in [1.54, 1.807) is 19.3 Å².